The fraction of sp³-hybridized carbons (Fsp3) is 0.294. The Morgan fingerprint density at radius 2 is 1.80 bits per heavy atom. The van der Waals surface area contributed by atoms with Crippen molar-refractivity contribution in [1.82, 2.24) is 0 Å². The second kappa shape index (κ2) is 5.71. The number of aryl methyl sites for hydroxylation is 1. The minimum atomic E-state index is -1.33. The Balaban J connectivity index is 2.42. The van der Waals surface area contributed by atoms with E-state index in [2.05, 4.69) is 0 Å². The van der Waals surface area contributed by atoms with Gasteiger partial charge in [0.1, 0.15) is 11.6 Å². The molecule has 0 bridgehead atoms. The first-order chi connectivity index (χ1) is 9.46. The molecule has 2 aromatic carbocycles. The topological polar surface area (TPSA) is 20.2 Å². The van der Waals surface area contributed by atoms with Crippen LogP contribution in [0.15, 0.2) is 42.5 Å². The molecule has 0 amide bonds. The van der Waals surface area contributed by atoms with E-state index < -0.39 is 11.4 Å². The summed E-state index contributed by atoms with van der Waals surface area (Å²) in [5.74, 6) is -0.788. The lowest BCUT2D eigenvalue weighted by atomic mass is 9.83. The average Bonchev–Trinajstić information content (AvgIpc) is 2.43. The van der Waals surface area contributed by atoms with Gasteiger partial charge in [-0.2, -0.15) is 0 Å². The summed E-state index contributed by atoms with van der Waals surface area (Å²) >= 11 is 0. The summed E-state index contributed by atoms with van der Waals surface area (Å²) < 4.78 is 27.3. The SMILES string of the molecule is CCC(O)(Cc1cc(F)ccc1C)c1ccccc1F. The predicted molar refractivity (Wildman–Crippen MR) is 75.4 cm³/mol. The molecule has 0 saturated heterocycles. The average molecular weight is 276 g/mol. The van der Waals surface area contributed by atoms with Crippen LogP contribution in [0, 0.1) is 18.6 Å². The molecule has 0 aliphatic heterocycles. The fourth-order valence-corrected chi connectivity index (χ4v) is 2.39. The molecular formula is C17H18F2O. The molecule has 0 radical (unpaired) electrons. The molecule has 1 atom stereocenters. The predicted octanol–water partition coefficient (Wildman–Crippen LogP) is 4.11. The van der Waals surface area contributed by atoms with Crippen LogP contribution >= 0.6 is 0 Å². The highest BCUT2D eigenvalue weighted by atomic mass is 19.1. The molecule has 2 aromatic rings. The number of hydrogen-bond donors (Lipinski definition) is 1. The molecular weight excluding hydrogens is 258 g/mol. The van der Waals surface area contributed by atoms with Crippen LogP contribution in [0.4, 0.5) is 8.78 Å². The van der Waals surface area contributed by atoms with Crippen LogP contribution in [0.5, 0.6) is 0 Å². The zero-order chi connectivity index (χ0) is 14.8. The molecule has 20 heavy (non-hydrogen) atoms. The number of rotatable bonds is 4. The van der Waals surface area contributed by atoms with Crippen molar-refractivity contribution >= 4 is 0 Å². The summed E-state index contributed by atoms with van der Waals surface area (Å²) in [4.78, 5) is 0. The van der Waals surface area contributed by atoms with Crippen molar-refractivity contribution in [1.29, 1.82) is 0 Å². The highest BCUT2D eigenvalue weighted by Gasteiger charge is 2.30. The van der Waals surface area contributed by atoms with Gasteiger partial charge in [-0.1, -0.05) is 31.2 Å². The third-order valence-electron chi connectivity index (χ3n) is 3.75. The van der Waals surface area contributed by atoms with Crippen molar-refractivity contribution < 1.29 is 13.9 Å². The first-order valence-electron chi connectivity index (χ1n) is 6.68. The molecule has 0 fully saturated rings. The molecule has 0 aliphatic carbocycles. The Morgan fingerprint density at radius 1 is 1.10 bits per heavy atom. The minimum Gasteiger partial charge on any atom is -0.385 e. The van der Waals surface area contributed by atoms with Gasteiger partial charge in [0, 0.05) is 12.0 Å². The summed E-state index contributed by atoms with van der Waals surface area (Å²) in [6.07, 6.45) is 0.540. The van der Waals surface area contributed by atoms with Crippen LogP contribution in [0.3, 0.4) is 0 Å². The smallest absolute Gasteiger partial charge is 0.129 e. The molecule has 2 rings (SSSR count). The lowest BCUT2D eigenvalue weighted by Gasteiger charge is -2.28. The zero-order valence-corrected chi connectivity index (χ0v) is 11.7. The molecule has 0 aromatic heterocycles. The van der Waals surface area contributed by atoms with Gasteiger partial charge >= 0.3 is 0 Å². The Hall–Kier alpha value is -1.74. The van der Waals surface area contributed by atoms with Gasteiger partial charge < -0.3 is 5.11 Å². The largest absolute Gasteiger partial charge is 0.385 e. The second-order valence-corrected chi connectivity index (χ2v) is 5.11. The van der Waals surface area contributed by atoms with Crippen molar-refractivity contribution in [3.8, 4) is 0 Å². The molecule has 1 N–H and O–H groups in total. The number of hydrogen-bond acceptors (Lipinski definition) is 1. The van der Waals surface area contributed by atoms with Crippen molar-refractivity contribution in [2.24, 2.45) is 0 Å². The van der Waals surface area contributed by atoms with Crippen LogP contribution in [0.1, 0.15) is 30.0 Å². The van der Waals surface area contributed by atoms with Crippen molar-refractivity contribution in [3.05, 3.63) is 70.8 Å². The molecule has 3 heteroatoms. The van der Waals surface area contributed by atoms with E-state index in [1.807, 2.05) is 6.92 Å². The molecule has 0 spiro atoms. The van der Waals surface area contributed by atoms with E-state index in [0.717, 1.165) is 5.56 Å². The van der Waals surface area contributed by atoms with Gasteiger partial charge in [0.2, 0.25) is 0 Å². The molecule has 0 heterocycles. The third-order valence-corrected chi connectivity index (χ3v) is 3.75. The van der Waals surface area contributed by atoms with E-state index in [4.69, 9.17) is 0 Å². The third kappa shape index (κ3) is 2.88. The highest BCUT2D eigenvalue weighted by molar-refractivity contribution is 5.32. The monoisotopic (exact) mass is 276 g/mol. The van der Waals surface area contributed by atoms with Gasteiger partial charge in [-0.05, 0) is 42.7 Å². The summed E-state index contributed by atoms with van der Waals surface area (Å²) in [6, 6.07) is 10.6. The summed E-state index contributed by atoms with van der Waals surface area (Å²) in [5, 5.41) is 10.8. The molecule has 106 valence electrons. The van der Waals surface area contributed by atoms with Crippen LogP contribution in [-0.4, -0.2) is 5.11 Å². The van der Waals surface area contributed by atoms with Gasteiger partial charge in [0.25, 0.3) is 0 Å². The maximum atomic E-state index is 13.9. The summed E-state index contributed by atoms with van der Waals surface area (Å²) in [6.45, 7) is 3.65. The summed E-state index contributed by atoms with van der Waals surface area (Å²) in [5.41, 5.74) is 0.502. The Bertz CT molecular complexity index is 610. The molecule has 0 saturated carbocycles. The standard InChI is InChI=1S/C17H18F2O/c1-3-17(20,15-6-4-5-7-16(15)19)11-13-10-14(18)9-8-12(13)2/h4-10,20H,3,11H2,1-2H3. The summed E-state index contributed by atoms with van der Waals surface area (Å²) in [7, 11) is 0. The van der Waals surface area contributed by atoms with E-state index in [1.54, 1.807) is 31.2 Å². The van der Waals surface area contributed by atoms with Gasteiger partial charge in [-0.3, -0.25) is 0 Å². The minimum absolute atomic E-state index is 0.189. The van der Waals surface area contributed by atoms with E-state index in [-0.39, 0.29) is 17.8 Å². The maximum absolute atomic E-state index is 13.9. The van der Waals surface area contributed by atoms with E-state index in [9.17, 15) is 13.9 Å². The fourth-order valence-electron chi connectivity index (χ4n) is 2.39. The van der Waals surface area contributed by atoms with Crippen LogP contribution in [0.2, 0.25) is 0 Å². The first-order valence-corrected chi connectivity index (χ1v) is 6.68. The lowest BCUT2D eigenvalue weighted by molar-refractivity contribution is 0.0289. The number of halogens is 2. The first kappa shape index (κ1) is 14.7. The van der Waals surface area contributed by atoms with Crippen molar-refractivity contribution in [3.63, 3.8) is 0 Å². The lowest BCUT2D eigenvalue weighted by Crippen LogP contribution is -2.29. The number of benzene rings is 2. The van der Waals surface area contributed by atoms with E-state index in [1.165, 1.54) is 18.2 Å². The van der Waals surface area contributed by atoms with E-state index >= 15 is 0 Å². The number of aliphatic hydroxyl groups is 1. The molecule has 1 unspecified atom stereocenters. The van der Waals surface area contributed by atoms with Crippen molar-refractivity contribution in [2.75, 3.05) is 0 Å². The van der Waals surface area contributed by atoms with Gasteiger partial charge in [0.15, 0.2) is 0 Å². The zero-order valence-electron chi connectivity index (χ0n) is 11.7. The molecule has 1 nitrogen and oxygen atoms in total. The van der Waals surface area contributed by atoms with Gasteiger partial charge in [0.05, 0.1) is 5.60 Å². The van der Waals surface area contributed by atoms with Gasteiger partial charge in [-0.15, -0.1) is 0 Å². The Kier molecular flexibility index (Phi) is 4.19. The Morgan fingerprint density at radius 3 is 2.45 bits per heavy atom. The maximum Gasteiger partial charge on any atom is 0.129 e. The van der Waals surface area contributed by atoms with Crippen molar-refractivity contribution in [2.45, 2.75) is 32.3 Å². The normalized spacial score (nSPS) is 14.1. The highest BCUT2D eigenvalue weighted by Crippen LogP contribution is 2.32. The second-order valence-electron chi connectivity index (χ2n) is 5.11. The van der Waals surface area contributed by atoms with E-state index in [0.29, 0.717) is 12.0 Å². The molecule has 0 aliphatic rings. The Labute approximate surface area is 117 Å². The quantitative estimate of drug-likeness (QED) is 0.891. The van der Waals surface area contributed by atoms with Crippen LogP contribution in [-0.2, 0) is 12.0 Å². The van der Waals surface area contributed by atoms with Crippen LogP contribution < -0.4 is 0 Å². The van der Waals surface area contributed by atoms with Crippen LogP contribution in [0.25, 0.3) is 0 Å². The van der Waals surface area contributed by atoms with Gasteiger partial charge in [-0.25, -0.2) is 8.78 Å².